The van der Waals surface area contributed by atoms with E-state index in [1.54, 1.807) is 0 Å². The van der Waals surface area contributed by atoms with E-state index < -0.39 is 0 Å². The van der Waals surface area contributed by atoms with E-state index in [0.717, 1.165) is 39.6 Å². The Labute approximate surface area is 400 Å². The van der Waals surface area contributed by atoms with Crippen molar-refractivity contribution in [1.29, 1.82) is 0 Å². The lowest BCUT2D eigenvalue weighted by molar-refractivity contribution is 1.18. The summed E-state index contributed by atoms with van der Waals surface area (Å²) < 4.78 is 4.84. The molecule has 69 heavy (non-hydrogen) atoms. The van der Waals surface area contributed by atoms with E-state index in [0.29, 0.717) is 0 Å². The van der Waals surface area contributed by atoms with Crippen LogP contribution in [-0.4, -0.2) is 14.1 Å². The molecule has 0 unspecified atom stereocenters. The van der Waals surface area contributed by atoms with Crippen LogP contribution in [0.3, 0.4) is 0 Å². The Morgan fingerprint density at radius 3 is 1.29 bits per heavy atom. The van der Waals surface area contributed by atoms with E-state index >= 15 is 0 Å². The first-order valence-electron chi connectivity index (χ1n) is 23.5. The number of pyridine rings is 1. The summed E-state index contributed by atoms with van der Waals surface area (Å²) >= 11 is 0. The maximum atomic E-state index is 4.27. The van der Waals surface area contributed by atoms with Gasteiger partial charge in [0.2, 0.25) is 0 Å². The standard InChI is InChI=1S/C65H44N4/c1-4-14-48(15-5-1)58-42-49(47-38-40-66-41-39-47)28-35-63(58)69-62-23-13-11-21-57(62)60-44-51(30-37-65(60)69)50-29-36-64-59(43-50)56-20-10-12-22-61(56)68(64)55-33-26-46(27-34-55)45-24-31-54(32-25-45)67(52-16-6-2-7-17-52)53-18-8-3-9-19-53/h1-44H. The largest absolute Gasteiger partial charge is 0.311 e. The molecule has 13 rings (SSSR count). The van der Waals surface area contributed by atoms with Gasteiger partial charge >= 0.3 is 0 Å². The number of hydrogen-bond acceptors (Lipinski definition) is 2. The van der Waals surface area contributed by atoms with Gasteiger partial charge in [-0.15, -0.1) is 0 Å². The van der Waals surface area contributed by atoms with E-state index in [9.17, 15) is 0 Å². The molecule has 13 aromatic rings. The average Bonchev–Trinajstić information content (AvgIpc) is 3.94. The number of aromatic nitrogens is 3. The lowest BCUT2D eigenvalue weighted by Crippen LogP contribution is -2.09. The van der Waals surface area contributed by atoms with Crippen molar-refractivity contribution in [2.75, 3.05) is 4.90 Å². The van der Waals surface area contributed by atoms with Crippen molar-refractivity contribution in [3.63, 3.8) is 0 Å². The highest BCUT2D eigenvalue weighted by molar-refractivity contribution is 6.13. The summed E-state index contributed by atoms with van der Waals surface area (Å²) in [6, 6.07) is 92.2. The Morgan fingerprint density at radius 1 is 0.275 bits per heavy atom. The van der Waals surface area contributed by atoms with Crippen LogP contribution in [0.5, 0.6) is 0 Å². The molecule has 0 saturated heterocycles. The third kappa shape index (κ3) is 7.06. The summed E-state index contributed by atoms with van der Waals surface area (Å²) in [4.78, 5) is 6.57. The lowest BCUT2D eigenvalue weighted by atomic mass is 9.97. The smallest absolute Gasteiger partial charge is 0.0541 e. The second-order valence-corrected chi connectivity index (χ2v) is 17.6. The monoisotopic (exact) mass is 880 g/mol. The van der Waals surface area contributed by atoms with Gasteiger partial charge in [-0.25, -0.2) is 0 Å². The zero-order valence-electron chi connectivity index (χ0n) is 37.7. The van der Waals surface area contributed by atoms with Crippen molar-refractivity contribution in [2.45, 2.75) is 0 Å². The van der Waals surface area contributed by atoms with Crippen LogP contribution in [0.1, 0.15) is 0 Å². The molecule has 0 aliphatic rings. The second-order valence-electron chi connectivity index (χ2n) is 17.6. The molecule has 0 aliphatic heterocycles. The summed E-state index contributed by atoms with van der Waals surface area (Å²) in [5, 5.41) is 4.91. The number of hydrogen-bond donors (Lipinski definition) is 0. The molecule has 0 spiro atoms. The third-order valence-electron chi connectivity index (χ3n) is 13.6. The first-order valence-corrected chi connectivity index (χ1v) is 23.5. The van der Waals surface area contributed by atoms with E-state index in [1.807, 2.05) is 12.4 Å². The van der Waals surface area contributed by atoms with E-state index in [-0.39, 0.29) is 0 Å². The Bertz CT molecular complexity index is 3930. The van der Waals surface area contributed by atoms with Crippen LogP contribution in [0, 0.1) is 0 Å². The molecule has 0 fully saturated rings. The zero-order valence-corrected chi connectivity index (χ0v) is 37.7. The Kier molecular flexibility index (Phi) is 9.80. The molecule has 3 aromatic heterocycles. The minimum absolute atomic E-state index is 1.12. The lowest BCUT2D eigenvalue weighted by Gasteiger charge is -2.25. The van der Waals surface area contributed by atoms with Crippen LogP contribution in [0.2, 0.25) is 0 Å². The van der Waals surface area contributed by atoms with Crippen molar-refractivity contribution in [3.05, 3.63) is 267 Å². The van der Waals surface area contributed by atoms with Gasteiger partial charge in [0.05, 0.1) is 27.8 Å². The maximum absolute atomic E-state index is 4.27. The van der Waals surface area contributed by atoms with Crippen LogP contribution in [0.4, 0.5) is 17.1 Å². The van der Waals surface area contributed by atoms with Gasteiger partial charge in [-0.2, -0.15) is 0 Å². The van der Waals surface area contributed by atoms with Crippen LogP contribution in [0.25, 0.3) is 99.5 Å². The van der Waals surface area contributed by atoms with Crippen LogP contribution >= 0.6 is 0 Å². The highest BCUT2D eigenvalue weighted by Crippen LogP contribution is 2.42. The van der Waals surface area contributed by atoms with Gasteiger partial charge in [0, 0.05) is 62.3 Å². The van der Waals surface area contributed by atoms with Gasteiger partial charge in [-0.05, 0) is 148 Å². The molecule has 0 atom stereocenters. The van der Waals surface area contributed by atoms with Crippen molar-refractivity contribution in [2.24, 2.45) is 0 Å². The molecule has 0 saturated carbocycles. The molecule has 324 valence electrons. The molecular formula is C65H44N4. The Morgan fingerprint density at radius 2 is 0.696 bits per heavy atom. The highest BCUT2D eigenvalue weighted by atomic mass is 15.1. The predicted octanol–water partition coefficient (Wildman–Crippen LogP) is 17.4. The molecule has 3 heterocycles. The summed E-state index contributed by atoms with van der Waals surface area (Å²) in [6.45, 7) is 0. The summed E-state index contributed by atoms with van der Waals surface area (Å²) in [7, 11) is 0. The first-order chi connectivity index (χ1) is 34.2. The first kappa shape index (κ1) is 40.1. The molecule has 0 N–H and O–H groups in total. The third-order valence-corrected chi connectivity index (χ3v) is 13.6. The molecule has 0 aliphatic carbocycles. The normalized spacial score (nSPS) is 11.5. The van der Waals surface area contributed by atoms with Gasteiger partial charge in [0.15, 0.2) is 0 Å². The fourth-order valence-electron chi connectivity index (χ4n) is 10.4. The fourth-order valence-corrected chi connectivity index (χ4v) is 10.4. The van der Waals surface area contributed by atoms with Crippen molar-refractivity contribution in [1.82, 2.24) is 14.1 Å². The van der Waals surface area contributed by atoms with E-state index in [2.05, 4.69) is 274 Å². The van der Waals surface area contributed by atoms with Crippen LogP contribution in [0.15, 0.2) is 267 Å². The predicted molar refractivity (Wildman–Crippen MR) is 289 cm³/mol. The topological polar surface area (TPSA) is 26.0 Å². The van der Waals surface area contributed by atoms with Gasteiger partial charge < -0.3 is 14.0 Å². The molecule has 4 nitrogen and oxygen atoms in total. The van der Waals surface area contributed by atoms with Crippen LogP contribution < -0.4 is 4.90 Å². The number of fused-ring (bicyclic) bond motifs is 6. The van der Waals surface area contributed by atoms with Crippen molar-refractivity contribution < 1.29 is 0 Å². The molecule has 0 amide bonds. The zero-order chi connectivity index (χ0) is 45.7. The number of rotatable bonds is 9. The minimum atomic E-state index is 1.12. The molecule has 10 aromatic carbocycles. The summed E-state index contributed by atoms with van der Waals surface area (Å²) in [5.74, 6) is 0. The van der Waals surface area contributed by atoms with Crippen molar-refractivity contribution >= 4 is 60.7 Å². The van der Waals surface area contributed by atoms with Gasteiger partial charge in [0.25, 0.3) is 0 Å². The minimum Gasteiger partial charge on any atom is -0.311 e. The van der Waals surface area contributed by atoms with Crippen LogP contribution in [-0.2, 0) is 0 Å². The number of nitrogens with zero attached hydrogens (tertiary/aromatic N) is 4. The van der Waals surface area contributed by atoms with E-state index in [4.69, 9.17) is 0 Å². The average molecular weight is 881 g/mol. The van der Waals surface area contributed by atoms with Gasteiger partial charge in [-0.1, -0.05) is 146 Å². The number of benzene rings is 10. The number of anilines is 3. The van der Waals surface area contributed by atoms with Gasteiger partial charge in [-0.3, -0.25) is 4.98 Å². The summed E-state index contributed by atoms with van der Waals surface area (Å²) in [5.41, 5.74) is 19.7. The molecule has 0 radical (unpaired) electrons. The SMILES string of the molecule is c1ccc(-c2cc(-c3ccncc3)ccc2-n2c3ccccc3c3cc(-c4ccc5c(c4)c4ccccc4n5-c4ccc(-c5ccc(N(c6ccccc6)c6ccccc6)cc5)cc4)ccc32)cc1. The maximum Gasteiger partial charge on any atom is 0.0541 e. The highest BCUT2D eigenvalue weighted by Gasteiger charge is 2.19. The molecule has 0 bridgehead atoms. The fraction of sp³-hybridized carbons (Fsp3) is 0. The molecule has 4 heteroatoms. The Hall–Kier alpha value is -9.25. The Balaban J connectivity index is 0.863. The van der Waals surface area contributed by atoms with E-state index in [1.165, 1.54) is 77.0 Å². The second kappa shape index (κ2) is 16.9. The number of para-hydroxylation sites is 4. The quantitative estimate of drug-likeness (QED) is 0.144. The molecular weight excluding hydrogens is 837 g/mol. The van der Waals surface area contributed by atoms with Gasteiger partial charge in [0.1, 0.15) is 0 Å². The van der Waals surface area contributed by atoms with Crippen molar-refractivity contribution in [3.8, 4) is 55.9 Å². The summed E-state index contributed by atoms with van der Waals surface area (Å²) in [6.07, 6.45) is 3.72.